The summed E-state index contributed by atoms with van der Waals surface area (Å²) in [5, 5.41) is 5.87. The number of hydrogen-bond donors (Lipinski definition) is 0. The molecule has 0 aromatic carbocycles. The van der Waals surface area contributed by atoms with Gasteiger partial charge in [-0.15, -0.1) is 0 Å². The van der Waals surface area contributed by atoms with Crippen molar-refractivity contribution in [3.05, 3.63) is 17.7 Å². The first-order chi connectivity index (χ1) is 3.80. The van der Waals surface area contributed by atoms with Crippen LogP contribution < -0.4 is 0 Å². The van der Waals surface area contributed by atoms with Crippen LogP contribution >= 0.6 is 0 Å². The quantitative estimate of drug-likeness (QED) is 0.477. The number of nitrogens with zero attached hydrogens (tertiary/aromatic N) is 2. The van der Waals surface area contributed by atoms with E-state index in [9.17, 15) is 8.78 Å². The second-order valence-electron chi connectivity index (χ2n) is 1.17. The summed E-state index contributed by atoms with van der Waals surface area (Å²) < 4.78 is 23.6. The molecule has 0 radical (unpaired) electrons. The Morgan fingerprint density at radius 2 is 2.25 bits per heavy atom. The Morgan fingerprint density at radius 1 is 1.50 bits per heavy atom. The van der Waals surface area contributed by atoms with Crippen LogP contribution in [0, 0.1) is 11.8 Å². The van der Waals surface area contributed by atoms with Crippen molar-refractivity contribution in [2.24, 2.45) is 0 Å². The molecule has 0 spiro atoms. The monoisotopic (exact) mass is 114 g/mol. The van der Waals surface area contributed by atoms with Crippen molar-refractivity contribution in [1.29, 1.82) is 0 Å². The maximum atomic E-state index is 11.8. The minimum absolute atomic E-state index is 0.905. The fourth-order valence-corrected chi connectivity index (χ4v) is 0.299. The molecular weight excluding hydrogens is 113 g/mol. The van der Waals surface area contributed by atoms with Crippen LogP contribution in [0.5, 0.6) is 0 Å². The Morgan fingerprint density at radius 3 is 2.62 bits per heavy atom. The molecule has 0 aliphatic rings. The Hall–Kier alpha value is -0.865. The first kappa shape index (κ1) is 5.28. The van der Waals surface area contributed by atoms with Crippen LogP contribution in [0.3, 0.4) is 0 Å². The summed E-state index contributed by atoms with van der Waals surface area (Å²) in [6, 6.07) is 0. The summed E-state index contributed by atoms with van der Waals surface area (Å²) in [7, 11) is 1.08. The molecule has 0 amide bonds. The van der Waals surface area contributed by atoms with Crippen molar-refractivity contribution in [2.75, 3.05) is 0 Å². The predicted molar refractivity (Wildman–Crippen MR) is 23.3 cm³/mol. The van der Waals surface area contributed by atoms with E-state index in [0.717, 1.165) is 13.0 Å². The third-order valence-electron chi connectivity index (χ3n) is 0.630. The molecule has 0 atom stereocenters. The molecular formula is C3HBF2N2. The van der Waals surface area contributed by atoms with Crippen molar-refractivity contribution < 1.29 is 8.78 Å². The molecule has 1 aromatic heterocycles. The minimum atomic E-state index is -1.16. The molecule has 0 aliphatic carbocycles. The van der Waals surface area contributed by atoms with Gasteiger partial charge in [0.1, 0.15) is 0 Å². The third-order valence-corrected chi connectivity index (χ3v) is 0.630. The van der Waals surface area contributed by atoms with Crippen LogP contribution in [0.15, 0.2) is 5.96 Å². The first-order valence-electron chi connectivity index (χ1n) is 1.93. The third kappa shape index (κ3) is 0.855. The molecule has 0 aliphatic heterocycles. The van der Waals surface area contributed by atoms with Gasteiger partial charge >= 0.3 is 43.7 Å². The summed E-state index contributed by atoms with van der Waals surface area (Å²) in [4.78, 5) is 0. The molecule has 1 aromatic rings. The number of hydrogen-bond acceptors (Lipinski definition) is 2. The zero-order valence-corrected chi connectivity index (χ0v) is 3.81. The van der Waals surface area contributed by atoms with E-state index >= 15 is 0 Å². The van der Waals surface area contributed by atoms with Crippen molar-refractivity contribution >= 4 is 7.05 Å². The van der Waals surface area contributed by atoms with E-state index in [4.69, 9.17) is 0 Å². The molecule has 0 bridgehead atoms. The second-order valence-corrected chi connectivity index (χ2v) is 1.17. The molecule has 40 valence electrons. The normalized spacial score (nSPS) is 8.75. The van der Waals surface area contributed by atoms with E-state index in [-0.39, 0.29) is 0 Å². The van der Waals surface area contributed by atoms with Gasteiger partial charge in [-0.2, -0.15) is 0 Å². The second kappa shape index (κ2) is 1.94. The van der Waals surface area contributed by atoms with Gasteiger partial charge in [0.15, 0.2) is 0 Å². The summed E-state index contributed by atoms with van der Waals surface area (Å²) in [5.41, 5.74) is 0. The van der Waals surface area contributed by atoms with E-state index < -0.39 is 11.8 Å². The topological polar surface area (TPSA) is 25.8 Å². The molecule has 0 saturated carbocycles. The Bertz CT molecular complexity index is 171. The molecule has 8 heavy (non-hydrogen) atoms. The molecule has 0 unspecified atom stereocenters. The molecule has 1 heterocycles. The van der Waals surface area contributed by atoms with Gasteiger partial charge in [0.05, 0.1) is 0 Å². The van der Waals surface area contributed by atoms with Crippen LogP contribution in [-0.2, 0) is 0 Å². The van der Waals surface area contributed by atoms with E-state index in [1.807, 2.05) is 0 Å². The molecule has 2 nitrogen and oxygen atoms in total. The Kier molecular flexibility index (Phi) is 1.28. The Balaban J connectivity index is 3.13. The van der Waals surface area contributed by atoms with Crippen LogP contribution in [-0.4, -0.2) is 17.2 Å². The van der Waals surface area contributed by atoms with Gasteiger partial charge in [-0.25, -0.2) is 0 Å². The summed E-state index contributed by atoms with van der Waals surface area (Å²) in [6.45, 7) is 0. The first-order valence-corrected chi connectivity index (χ1v) is 1.93. The number of aromatic nitrogens is 2. The molecule has 0 fully saturated rings. The standard InChI is InChI=1S/C3HBF2N2/c5-2-1-4-8-7-3(2)6/h1H. The molecule has 5 heteroatoms. The SMILES string of the molecule is Fc1cbnnc1F. The van der Waals surface area contributed by atoms with Gasteiger partial charge in [0.2, 0.25) is 0 Å². The number of rotatable bonds is 0. The summed E-state index contributed by atoms with van der Waals surface area (Å²) in [5.74, 6) is -1.23. The average molecular weight is 114 g/mol. The van der Waals surface area contributed by atoms with Crippen molar-refractivity contribution in [3.63, 3.8) is 0 Å². The van der Waals surface area contributed by atoms with Crippen molar-refractivity contribution in [2.45, 2.75) is 0 Å². The fraction of sp³-hybridized carbons (Fsp3) is 0. The van der Waals surface area contributed by atoms with Crippen molar-refractivity contribution in [3.8, 4) is 0 Å². The van der Waals surface area contributed by atoms with Gasteiger partial charge in [-0.1, -0.05) is 0 Å². The predicted octanol–water partition coefficient (Wildman–Crippen LogP) is 0.0929. The van der Waals surface area contributed by atoms with Crippen LogP contribution in [0.1, 0.15) is 0 Å². The Labute approximate surface area is 44.8 Å². The maximum absolute atomic E-state index is 11.8. The zero-order valence-electron chi connectivity index (χ0n) is 3.81. The molecule has 1 rings (SSSR count). The van der Waals surface area contributed by atoms with E-state index in [1.165, 1.54) is 0 Å². The van der Waals surface area contributed by atoms with Gasteiger partial charge in [-0.05, 0) is 0 Å². The van der Waals surface area contributed by atoms with Gasteiger partial charge in [0, 0.05) is 0 Å². The van der Waals surface area contributed by atoms with Crippen molar-refractivity contribution in [1.82, 2.24) is 10.1 Å². The van der Waals surface area contributed by atoms with Crippen LogP contribution in [0.4, 0.5) is 8.78 Å². The molecule has 0 saturated heterocycles. The van der Waals surface area contributed by atoms with Crippen LogP contribution in [0.25, 0.3) is 0 Å². The fourth-order valence-electron chi connectivity index (χ4n) is 0.299. The van der Waals surface area contributed by atoms with Crippen LogP contribution in [0.2, 0.25) is 0 Å². The number of halogens is 2. The summed E-state index contributed by atoms with van der Waals surface area (Å²) >= 11 is 0. The van der Waals surface area contributed by atoms with Gasteiger partial charge in [-0.3, -0.25) is 0 Å². The summed E-state index contributed by atoms with van der Waals surface area (Å²) in [6.07, 6.45) is 0. The van der Waals surface area contributed by atoms with E-state index in [1.54, 1.807) is 0 Å². The molecule has 0 N–H and O–H groups in total. The van der Waals surface area contributed by atoms with E-state index in [2.05, 4.69) is 10.1 Å². The van der Waals surface area contributed by atoms with Gasteiger partial charge in [0.25, 0.3) is 0 Å². The average Bonchev–Trinajstić information content (AvgIpc) is 1.77. The zero-order chi connectivity index (χ0) is 5.98. The van der Waals surface area contributed by atoms with Gasteiger partial charge < -0.3 is 0 Å². The van der Waals surface area contributed by atoms with E-state index in [0.29, 0.717) is 0 Å².